The minimum atomic E-state index is -4.46. The number of likely N-dealkylation sites (tertiary alicyclic amines) is 1. The fourth-order valence-corrected chi connectivity index (χ4v) is 2.87. The van der Waals surface area contributed by atoms with Crippen LogP contribution >= 0.6 is 0 Å². The number of rotatable bonds is 2. The number of benzene rings is 1. The van der Waals surface area contributed by atoms with E-state index in [2.05, 4.69) is 10.3 Å². The Labute approximate surface area is 130 Å². The van der Waals surface area contributed by atoms with Gasteiger partial charge in [-0.05, 0) is 25.0 Å². The lowest BCUT2D eigenvalue weighted by molar-refractivity contribution is -0.197. The number of carbonyl (C=O) groups excluding carboxylic acids is 1. The van der Waals surface area contributed by atoms with Crippen LogP contribution in [0.25, 0.3) is 11.0 Å². The van der Waals surface area contributed by atoms with Crippen LogP contribution in [0.15, 0.2) is 24.3 Å². The Morgan fingerprint density at radius 3 is 2.78 bits per heavy atom. The van der Waals surface area contributed by atoms with E-state index < -0.39 is 24.2 Å². The number of piperidine rings is 1. The van der Waals surface area contributed by atoms with E-state index >= 15 is 0 Å². The summed E-state index contributed by atoms with van der Waals surface area (Å²) in [5.41, 5.74) is 6.92. The highest BCUT2D eigenvalue weighted by Crippen LogP contribution is 2.31. The molecule has 124 valence electrons. The zero-order valence-electron chi connectivity index (χ0n) is 12.2. The molecule has 3 rings (SSSR count). The third-order valence-corrected chi connectivity index (χ3v) is 4.02. The zero-order valence-corrected chi connectivity index (χ0v) is 12.2. The third-order valence-electron chi connectivity index (χ3n) is 4.02. The van der Waals surface area contributed by atoms with Crippen molar-refractivity contribution in [3.05, 3.63) is 24.3 Å². The lowest BCUT2D eigenvalue weighted by Gasteiger charge is -2.39. The molecule has 1 aliphatic heterocycles. The van der Waals surface area contributed by atoms with Crippen LogP contribution in [0.5, 0.6) is 0 Å². The van der Waals surface area contributed by atoms with Gasteiger partial charge in [0, 0.05) is 12.6 Å². The maximum atomic E-state index is 13.1. The average molecular weight is 327 g/mol. The molecule has 1 saturated heterocycles. The second-order valence-electron chi connectivity index (χ2n) is 5.68. The van der Waals surface area contributed by atoms with Crippen LogP contribution in [0.1, 0.15) is 12.8 Å². The number of hydrogen-bond donors (Lipinski definition) is 1. The van der Waals surface area contributed by atoms with Gasteiger partial charge < -0.3 is 10.6 Å². The molecule has 1 aliphatic rings. The predicted octanol–water partition coefficient (Wildman–Crippen LogP) is 1.31. The maximum Gasteiger partial charge on any atom is 0.408 e. The van der Waals surface area contributed by atoms with E-state index in [9.17, 15) is 18.0 Å². The molecule has 9 heteroatoms. The summed E-state index contributed by atoms with van der Waals surface area (Å²) in [4.78, 5) is 13.2. The molecule has 1 aromatic heterocycles. The van der Waals surface area contributed by atoms with Crippen LogP contribution in [0.2, 0.25) is 0 Å². The number of nitrogens with two attached hydrogens (primary N) is 1. The van der Waals surface area contributed by atoms with Gasteiger partial charge in [0.2, 0.25) is 5.91 Å². The summed E-state index contributed by atoms with van der Waals surface area (Å²) >= 11 is 0. The van der Waals surface area contributed by atoms with Crippen molar-refractivity contribution < 1.29 is 18.0 Å². The Kier molecular flexibility index (Phi) is 3.97. The first-order valence-electron chi connectivity index (χ1n) is 7.26. The summed E-state index contributed by atoms with van der Waals surface area (Å²) in [5, 5.41) is 7.74. The van der Waals surface area contributed by atoms with E-state index in [0.29, 0.717) is 11.0 Å². The Morgan fingerprint density at radius 2 is 2.04 bits per heavy atom. The predicted molar refractivity (Wildman–Crippen MR) is 76.3 cm³/mol. The summed E-state index contributed by atoms with van der Waals surface area (Å²) < 4.78 is 40.7. The molecule has 2 heterocycles. The Hall–Kier alpha value is -2.16. The van der Waals surface area contributed by atoms with Crippen LogP contribution in [-0.2, 0) is 11.3 Å². The van der Waals surface area contributed by atoms with Crippen LogP contribution in [-0.4, -0.2) is 50.6 Å². The smallest absolute Gasteiger partial charge is 0.327 e. The van der Waals surface area contributed by atoms with Crippen LogP contribution in [0.3, 0.4) is 0 Å². The standard InChI is InChI=1S/C14H16F3N5O/c15-14(16,17)12-6-5-9(18)7-21(12)13(23)8-22-11-4-2-1-3-10(11)19-20-22/h1-4,9,12H,5-8,18H2/t9-,12-/m1/s1. The third kappa shape index (κ3) is 3.14. The van der Waals surface area contributed by atoms with Gasteiger partial charge in [-0.2, -0.15) is 13.2 Å². The number of carbonyl (C=O) groups is 1. The van der Waals surface area contributed by atoms with Crippen molar-refractivity contribution in [2.24, 2.45) is 5.73 Å². The minimum absolute atomic E-state index is 0.102. The van der Waals surface area contributed by atoms with Crippen molar-refractivity contribution in [1.29, 1.82) is 0 Å². The number of fused-ring (bicyclic) bond motifs is 1. The Morgan fingerprint density at radius 1 is 1.30 bits per heavy atom. The zero-order chi connectivity index (χ0) is 16.6. The number of aromatic nitrogens is 3. The highest BCUT2D eigenvalue weighted by atomic mass is 19.4. The van der Waals surface area contributed by atoms with Gasteiger partial charge in [0.05, 0.1) is 5.52 Å². The number of amides is 1. The van der Waals surface area contributed by atoms with E-state index in [1.807, 2.05) is 0 Å². The van der Waals surface area contributed by atoms with Crippen LogP contribution in [0, 0.1) is 0 Å². The lowest BCUT2D eigenvalue weighted by atomic mass is 9.98. The normalized spacial score (nSPS) is 22.5. The monoisotopic (exact) mass is 327 g/mol. The van der Waals surface area contributed by atoms with E-state index in [4.69, 9.17) is 5.73 Å². The number of alkyl halides is 3. The Balaban J connectivity index is 1.83. The number of halogens is 3. The summed E-state index contributed by atoms with van der Waals surface area (Å²) in [6.45, 7) is -0.393. The molecule has 0 spiro atoms. The van der Waals surface area contributed by atoms with Crippen molar-refractivity contribution in [1.82, 2.24) is 19.9 Å². The molecular weight excluding hydrogens is 311 g/mol. The molecule has 0 bridgehead atoms. The second-order valence-corrected chi connectivity index (χ2v) is 5.68. The largest absolute Gasteiger partial charge is 0.408 e. The molecule has 1 aromatic carbocycles. The minimum Gasteiger partial charge on any atom is -0.327 e. The summed E-state index contributed by atoms with van der Waals surface area (Å²) in [7, 11) is 0. The second kappa shape index (κ2) is 5.80. The molecule has 0 aliphatic carbocycles. The van der Waals surface area contributed by atoms with Gasteiger partial charge in [-0.25, -0.2) is 4.68 Å². The molecular formula is C14H16F3N5O. The summed E-state index contributed by atoms with van der Waals surface area (Å²) in [5.74, 6) is -0.655. The fraction of sp³-hybridized carbons (Fsp3) is 0.500. The van der Waals surface area contributed by atoms with Crippen molar-refractivity contribution in [3.8, 4) is 0 Å². The number of nitrogens with zero attached hydrogens (tertiary/aromatic N) is 4. The summed E-state index contributed by atoms with van der Waals surface area (Å²) in [6, 6.07) is 4.73. The molecule has 2 atom stereocenters. The number of para-hydroxylation sites is 1. The fourth-order valence-electron chi connectivity index (χ4n) is 2.87. The maximum absolute atomic E-state index is 13.1. The molecule has 1 fully saturated rings. The quantitative estimate of drug-likeness (QED) is 0.902. The van der Waals surface area contributed by atoms with Crippen LogP contribution in [0.4, 0.5) is 13.2 Å². The van der Waals surface area contributed by atoms with E-state index in [1.54, 1.807) is 24.3 Å². The molecule has 2 N–H and O–H groups in total. The first-order chi connectivity index (χ1) is 10.9. The highest BCUT2D eigenvalue weighted by Gasteiger charge is 2.47. The summed E-state index contributed by atoms with van der Waals surface area (Å²) in [6.07, 6.45) is -4.38. The molecule has 0 saturated carbocycles. The van der Waals surface area contributed by atoms with Crippen LogP contribution < -0.4 is 5.73 Å². The molecule has 23 heavy (non-hydrogen) atoms. The van der Waals surface area contributed by atoms with Gasteiger partial charge >= 0.3 is 6.18 Å². The SMILES string of the molecule is N[C@@H]1CC[C@H](C(F)(F)F)N(C(=O)Cn2nnc3ccccc32)C1. The van der Waals surface area contributed by atoms with Gasteiger partial charge in [0.1, 0.15) is 18.1 Å². The molecule has 0 unspecified atom stereocenters. The van der Waals surface area contributed by atoms with Crippen molar-refractivity contribution >= 4 is 16.9 Å². The van der Waals surface area contributed by atoms with Gasteiger partial charge in [0.15, 0.2) is 0 Å². The van der Waals surface area contributed by atoms with Crippen molar-refractivity contribution in [3.63, 3.8) is 0 Å². The molecule has 6 nitrogen and oxygen atoms in total. The van der Waals surface area contributed by atoms with Gasteiger partial charge in [-0.3, -0.25) is 4.79 Å². The number of hydrogen-bond acceptors (Lipinski definition) is 4. The molecule has 1 amide bonds. The van der Waals surface area contributed by atoms with Crippen molar-refractivity contribution in [2.45, 2.75) is 37.6 Å². The lowest BCUT2D eigenvalue weighted by Crippen LogP contribution is -2.57. The first-order valence-corrected chi connectivity index (χ1v) is 7.26. The topological polar surface area (TPSA) is 77.0 Å². The Bertz CT molecular complexity index is 714. The van der Waals surface area contributed by atoms with E-state index in [-0.39, 0.29) is 25.9 Å². The van der Waals surface area contributed by atoms with Gasteiger partial charge in [-0.15, -0.1) is 5.10 Å². The molecule has 2 aromatic rings. The van der Waals surface area contributed by atoms with Crippen molar-refractivity contribution in [2.75, 3.05) is 6.54 Å². The molecule has 0 radical (unpaired) electrons. The first kappa shape index (κ1) is 15.7. The highest BCUT2D eigenvalue weighted by molar-refractivity contribution is 5.80. The van der Waals surface area contributed by atoms with Gasteiger partial charge in [-0.1, -0.05) is 17.3 Å². The van der Waals surface area contributed by atoms with E-state index in [1.165, 1.54) is 4.68 Å². The van der Waals surface area contributed by atoms with Gasteiger partial charge in [0.25, 0.3) is 0 Å². The van der Waals surface area contributed by atoms with E-state index in [0.717, 1.165) is 4.90 Å². The average Bonchev–Trinajstić information content (AvgIpc) is 2.89.